The van der Waals surface area contributed by atoms with Crippen LogP contribution in [-0.4, -0.2) is 17.5 Å². The second kappa shape index (κ2) is 5.06. The van der Waals surface area contributed by atoms with Crippen LogP contribution in [-0.2, 0) is 9.53 Å². The van der Waals surface area contributed by atoms with Gasteiger partial charge in [-0.1, -0.05) is 6.58 Å². The van der Waals surface area contributed by atoms with Gasteiger partial charge in [0.15, 0.2) is 0 Å². The van der Waals surface area contributed by atoms with Crippen LogP contribution < -0.4 is 0 Å². The number of nitro benzene ring substituents is 1. The first-order valence-corrected chi connectivity index (χ1v) is 4.67. The van der Waals surface area contributed by atoms with Gasteiger partial charge in [-0.15, -0.1) is 0 Å². The van der Waals surface area contributed by atoms with Gasteiger partial charge in [0.1, 0.15) is 0 Å². The van der Waals surface area contributed by atoms with Crippen molar-refractivity contribution in [3.63, 3.8) is 0 Å². The first-order valence-electron chi connectivity index (χ1n) is 4.67. The lowest BCUT2D eigenvalue weighted by Gasteiger charge is -2.04. The van der Waals surface area contributed by atoms with E-state index in [0.29, 0.717) is 5.56 Å². The summed E-state index contributed by atoms with van der Waals surface area (Å²) in [7, 11) is 0. The number of carbonyl (C=O) groups excluding carboxylic acids is 1. The van der Waals surface area contributed by atoms with Crippen LogP contribution in [0.1, 0.15) is 12.5 Å². The number of carbonyl (C=O) groups is 1. The third-order valence-electron chi connectivity index (χ3n) is 1.95. The van der Waals surface area contributed by atoms with Crippen LogP contribution in [0.25, 0.3) is 5.57 Å². The minimum absolute atomic E-state index is 0.0274. The first kappa shape index (κ1) is 11.9. The summed E-state index contributed by atoms with van der Waals surface area (Å²) < 4.78 is 4.76. The molecule has 0 spiro atoms. The molecule has 0 N–H and O–H groups in total. The predicted molar refractivity (Wildman–Crippen MR) is 58.8 cm³/mol. The van der Waals surface area contributed by atoms with Gasteiger partial charge in [-0.3, -0.25) is 10.1 Å². The SMILES string of the molecule is C=C(C(=O)OCC)c1ccc([N+](=O)[O-])cc1. The highest BCUT2D eigenvalue weighted by Gasteiger charge is 2.11. The van der Waals surface area contributed by atoms with Crippen molar-refractivity contribution in [3.05, 3.63) is 46.5 Å². The normalized spacial score (nSPS) is 9.56. The van der Waals surface area contributed by atoms with E-state index in [9.17, 15) is 14.9 Å². The Morgan fingerprint density at radius 2 is 2.00 bits per heavy atom. The van der Waals surface area contributed by atoms with Crippen LogP contribution in [0, 0.1) is 10.1 Å². The maximum absolute atomic E-state index is 11.3. The molecule has 1 rings (SSSR count). The zero-order valence-corrected chi connectivity index (χ0v) is 8.80. The molecule has 0 amide bonds. The quantitative estimate of drug-likeness (QED) is 0.338. The van der Waals surface area contributed by atoms with Crippen molar-refractivity contribution in [1.82, 2.24) is 0 Å². The van der Waals surface area contributed by atoms with E-state index in [1.165, 1.54) is 24.3 Å². The van der Waals surface area contributed by atoms with Gasteiger partial charge in [-0.25, -0.2) is 4.79 Å². The van der Waals surface area contributed by atoms with Crippen LogP contribution in [0.5, 0.6) is 0 Å². The van der Waals surface area contributed by atoms with Gasteiger partial charge in [0.25, 0.3) is 5.69 Å². The summed E-state index contributed by atoms with van der Waals surface area (Å²) in [5.74, 6) is -0.517. The molecule has 0 aliphatic heterocycles. The topological polar surface area (TPSA) is 69.4 Å². The summed E-state index contributed by atoms with van der Waals surface area (Å²) >= 11 is 0. The largest absolute Gasteiger partial charge is 0.462 e. The van der Waals surface area contributed by atoms with Crippen LogP contribution in [0.4, 0.5) is 5.69 Å². The minimum Gasteiger partial charge on any atom is -0.462 e. The maximum atomic E-state index is 11.3. The van der Waals surface area contributed by atoms with Crippen LogP contribution in [0.3, 0.4) is 0 Å². The predicted octanol–water partition coefficient (Wildman–Crippen LogP) is 2.17. The highest BCUT2D eigenvalue weighted by molar-refractivity contribution is 6.15. The van der Waals surface area contributed by atoms with Crippen molar-refractivity contribution in [1.29, 1.82) is 0 Å². The van der Waals surface area contributed by atoms with Gasteiger partial charge in [0, 0.05) is 12.1 Å². The summed E-state index contributed by atoms with van der Waals surface area (Å²) in [6.07, 6.45) is 0. The Morgan fingerprint density at radius 1 is 1.44 bits per heavy atom. The Morgan fingerprint density at radius 3 is 2.44 bits per heavy atom. The summed E-state index contributed by atoms with van der Waals surface area (Å²) in [5.41, 5.74) is 0.682. The van der Waals surface area contributed by atoms with Crippen molar-refractivity contribution < 1.29 is 14.5 Å². The molecule has 0 atom stereocenters. The first-order chi connectivity index (χ1) is 7.56. The van der Waals surface area contributed by atoms with Crippen LogP contribution >= 0.6 is 0 Å². The fourth-order valence-corrected chi connectivity index (χ4v) is 1.12. The fraction of sp³-hybridized carbons (Fsp3) is 0.182. The number of esters is 1. The molecule has 0 unspecified atom stereocenters. The lowest BCUT2D eigenvalue weighted by Crippen LogP contribution is -2.05. The Bertz CT molecular complexity index is 422. The lowest BCUT2D eigenvalue weighted by molar-refractivity contribution is -0.384. The summed E-state index contributed by atoms with van der Waals surface area (Å²) in [5, 5.41) is 10.4. The third-order valence-corrected chi connectivity index (χ3v) is 1.95. The molecular formula is C11H11NO4. The van der Waals surface area contributed by atoms with Crippen LogP contribution in [0.15, 0.2) is 30.8 Å². The molecule has 84 valence electrons. The molecule has 1 aromatic carbocycles. The molecule has 1 aromatic rings. The van der Waals surface area contributed by atoms with Crippen molar-refractivity contribution >= 4 is 17.2 Å². The highest BCUT2D eigenvalue weighted by Crippen LogP contribution is 2.18. The Balaban J connectivity index is 2.85. The molecule has 0 radical (unpaired) electrons. The Labute approximate surface area is 92.5 Å². The minimum atomic E-state index is -0.517. The van der Waals surface area contributed by atoms with Crippen molar-refractivity contribution in [2.24, 2.45) is 0 Å². The molecule has 0 fully saturated rings. The Hall–Kier alpha value is -2.17. The standard InChI is InChI=1S/C11H11NO4/c1-3-16-11(13)8(2)9-4-6-10(7-5-9)12(14)15/h4-7H,2-3H2,1H3. The van der Waals surface area contributed by atoms with Gasteiger partial charge in [-0.2, -0.15) is 0 Å². The van der Waals surface area contributed by atoms with E-state index in [-0.39, 0.29) is 17.9 Å². The van der Waals surface area contributed by atoms with Gasteiger partial charge >= 0.3 is 5.97 Å². The van der Waals surface area contributed by atoms with E-state index in [1.807, 2.05) is 0 Å². The van der Waals surface area contributed by atoms with E-state index in [4.69, 9.17) is 4.74 Å². The molecule has 0 aliphatic rings. The molecule has 0 heterocycles. The second-order valence-electron chi connectivity index (χ2n) is 3.00. The number of nitro groups is 1. The number of ether oxygens (including phenoxy) is 1. The molecule has 16 heavy (non-hydrogen) atoms. The molecule has 0 bridgehead atoms. The van der Waals surface area contributed by atoms with Gasteiger partial charge in [0.05, 0.1) is 17.1 Å². The smallest absolute Gasteiger partial charge is 0.338 e. The highest BCUT2D eigenvalue weighted by atomic mass is 16.6. The monoisotopic (exact) mass is 221 g/mol. The number of benzene rings is 1. The number of nitrogens with zero attached hydrogens (tertiary/aromatic N) is 1. The summed E-state index contributed by atoms with van der Waals surface area (Å²) in [6, 6.07) is 5.58. The van der Waals surface area contributed by atoms with Crippen molar-refractivity contribution in [2.45, 2.75) is 6.92 Å². The lowest BCUT2D eigenvalue weighted by atomic mass is 10.1. The average Bonchev–Trinajstić information content (AvgIpc) is 2.28. The van der Waals surface area contributed by atoms with Gasteiger partial charge < -0.3 is 4.74 Å². The second-order valence-corrected chi connectivity index (χ2v) is 3.00. The van der Waals surface area contributed by atoms with E-state index in [0.717, 1.165) is 0 Å². The van der Waals surface area contributed by atoms with E-state index >= 15 is 0 Å². The average molecular weight is 221 g/mol. The molecule has 5 heteroatoms. The van der Waals surface area contributed by atoms with Gasteiger partial charge in [0.2, 0.25) is 0 Å². The third kappa shape index (κ3) is 2.66. The number of hydrogen-bond acceptors (Lipinski definition) is 4. The maximum Gasteiger partial charge on any atom is 0.338 e. The van der Waals surface area contributed by atoms with Gasteiger partial charge in [-0.05, 0) is 24.6 Å². The van der Waals surface area contributed by atoms with E-state index < -0.39 is 10.9 Å². The molecule has 0 aromatic heterocycles. The summed E-state index contributed by atoms with van der Waals surface area (Å²) in [6.45, 7) is 5.54. The zero-order chi connectivity index (χ0) is 12.1. The number of rotatable bonds is 4. The van der Waals surface area contributed by atoms with Crippen molar-refractivity contribution in [3.8, 4) is 0 Å². The van der Waals surface area contributed by atoms with Crippen molar-refractivity contribution in [2.75, 3.05) is 6.61 Å². The number of non-ortho nitro benzene ring substituents is 1. The molecule has 0 saturated heterocycles. The Kier molecular flexibility index (Phi) is 3.77. The zero-order valence-electron chi connectivity index (χ0n) is 8.80. The molecule has 0 saturated carbocycles. The van der Waals surface area contributed by atoms with E-state index in [2.05, 4.69) is 6.58 Å². The fourth-order valence-electron chi connectivity index (χ4n) is 1.12. The summed E-state index contributed by atoms with van der Waals surface area (Å²) in [4.78, 5) is 21.2. The molecular weight excluding hydrogens is 210 g/mol. The molecule has 0 aliphatic carbocycles. The van der Waals surface area contributed by atoms with Crippen LogP contribution in [0.2, 0.25) is 0 Å². The molecule has 5 nitrogen and oxygen atoms in total. The van der Waals surface area contributed by atoms with E-state index in [1.54, 1.807) is 6.92 Å². The number of hydrogen-bond donors (Lipinski definition) is 0.